The molecule has 2 aromatic carbocycles. The van der Waals surface area contributed by atoms with Gasteiger partial charge in [0.15, 0.2) is 0 Å². The Morgan fingerprint density at radius 1 is 1.18 bits per heavy atom. The molecule has 2 aliphatic heterocycles. The third kappa shape index (κ3) is 6.63. The minimum Gasteiger partial charge on any atom is -0.486 e. The van der Waals surface area contributed by atoms with Gasteiger partial charge < -0.3 is 24.8 Å². The number of halogens is 1. The quantitative estimate of drug-likeness (QED) is 0.426. The molecule has 1 amide bonds. The van der Waals surface area contributed by atoms with E-state index in [2.05, 4.69) is 25.5 Å². The molecular weight excluding hydrogens is 489 g/mol. The van der Waals surface area contributed by atoms with Gasteiger partial charge in [0.05, 0.1) is 31.0 Å². The van der Waals surface area contributed by atoms with Crippen LogP contribution in [0.5, 0.6) is 5.75 Å². The van der Waals surface area contributed by atoms with Crippen molar-refractivity contribution in [1.82, 2.24) is 14.9 Å². The lowest BCUT2D eigenvalue weighted by molar-refractivity contribution is -0.111. The molecule has 2 fully saturated rings. The van der Waals surface area contributed by atoms with E-state index in [1.807, 2.05) is 6.08 Å². The second-order valence-corrected chi connectivity index (χ2v) is 9.44. The topological polar surface area (TPSA) is 97.8 Å². The molecule has 0 saturated carbocycles. The van der Waals surface area contributed by atoms with E-state index in [0.29, 0.717) is 65.8 Å². The lowest BCUT2D eigenvalue weighted by atomic mass is 10.1. The van der Waals surface area contributed by atoms with E-state index in [0.717, 1.165) is 32.5 Å². The number of ether oxygens (including phenoxy) is 3. The average molecular weight is 522 g/mol. The number of carbonyl (C=O) groups excluding carboxylic acids is 1. The summed E-state index contributed by atoms with van der Waals surface area (Å²) in [5.74, 6) is 0.513. The number of nitrogens with one attached hydrogen (secondary N) is 2. The second-order valence-electron chi connectivity index (χ2n) is 9.44. The fourth-order valence-electron chi connectivity index (χ4n) is 4.49. The maximum atomic E-state index is 13.8. The zero-order valence-electron chi connectivity index (χ0n) is 21.4. The van der Waals surface area contributed by atoms with E-state index in [9.17, 15) is 9.18 Å². The molecule has 3 aromatic rings. The lowest BCUT2D eigenvalue weighted by Gasteiger charge is -2.18. The molecule has 5 rings (SSSR count). The summed E-state index contributed by atoms with van der Waals surface area (Å²) in [5.41, 5.74) is 2.37. The van der Waals surface area contributed by atoms with E-state index in [4.69, 9.17) is 14.2 Å². The molecule has 200 valence electrons. The van der Waals surface area contributed by atoms with E-state index in [1.54, 1.807) is 37.3 Å². The first-order valence-corrected chi connectivity index (χ1v) is 12.9. The third-order valence-corrected chi connectivity index (χ3v) is 6.54. The molecule has 0 radical (unpaired) electrons. The maximum Gasteiger partial charge on any atom is 0.248 e. The fraction of sp³-hybridized carbons (Fsp3) is 0.393. The van der Waals surface area contributed by atoms with Crippen molar-refractivity contribution in [1.29, 1.82) is 0 Å². The van der Waals surface area contributed by atoms with Crippen LogP contribution < -0.4 is 15.4 Å². The van der Waals surface area contributed by atoms with Crippen molar-refractivity contribution in [3.05, 3.63) is 60.2 Å². The Balaban J connectivity index is 1.39. The highest BCUT2D eigenvalue weighted by Crippen LogP contribution is 2.34. The first kappa shape index (κ1) is 26.0. The zero-order chi connectivity index (χ0) is 26.3. The summed E-state index contributed by atoms with van der Waals surface area (Å²) in [6.45, 7) is 6.79. The average Bonchev–Trinajstić information content (AvgIpc) is 3.28. The Hall–Kier alpha value is -3.60. The van der Waals surface area contributed by atoms with Crippen LogP contribution in [0.1, 0.15) is 18.4 Å². The first-order valence-electron chi connectivity index (χ1n) is 12.9. The smallest absolute Gasteiger partial charge is 0.248 e. The van der Waals surface area contributed by atoms with Crippen LogP contribution in [0.15, 0.2) is 48.8 Å². The van der Waals surface area contributed by atoms with E-state index in [1.165, 1.54) is 12.4 Å². The van der Waals surface area contributed by atoms with E-state index < -0.39 is 0 Å². The molecule has 0 spiro atoms. The second kappa shape index (κ2) is 12.3. The fourth-order valence-corrected chi connectivity index (χ4v) is 4.49. The number of anilines is 3. The van der Waals surface area contributed by atoms with Crippen molar-refractivity contribution >= 4 is 34.0 Å². The number of nitrogens with zero attached hydrogens (tertiary/aromatic N) is 3. The Morgan fingerprint density at radius 2 is 2.11 bits per heavy atom. The monoisotopic (exact) mass is 521 g/mol. The van der Waals surface area contributed by atoms with Crippen molar-refractivity contribution in [3.63, 3.8) is 0 Å². The van der Waals surface area contributed by atoms with Crippen LogP contribution in [0.25, 0.3) is 10.9 Å². The van der Waals surface area contributed by atoms with Gasteiger partial charge in [0, 0.05) is 55.9 Å². The van der Waals surface area contributed by atoms with Gasteiger partial charge in [0.25, 0.3) is 0 Å². The molecule has 0 unspecified atom stereocenters. The molecule has 0 aliphatic carbocycles. The normalized spacial score (nSPS) is 18.5. The largest absolute Gasteiger partial charge is 0.486 e. The van der Waals surface area contributed by atoms with Crippen molar-refractivity contribution < 1.29 is 23.4 Å². The molecule has 0 bridgehead atoms. The number of hydrogen-bond acceptors (Lipinski definition) is 8. The van der Waals surface area contributed by atoms with Crippen molar-refractivity contribution in [2.75, 3.05) is 56.7 Å². The summed E-state index contributed by atoms with van der Waals surface area (Å²) in [6, 6.07) is 8.37. The maximum absolute atomic E-state index is 13.8. The predicted molar refractivity (Wildman–Crippen MR) is 143 cm³/mol. The Kier molecular flexibility index (Phi) is 8.42. The highest BCUT2D eigenvalue weighted by atomic mass is 19.1. The number of rotatable bonds is 8. The highest BCUT2D eigenvalue weighted by molar-refractivity contribution is 6.03. The number of carbonyl (C=O) groups is 1. The third-order valence-electron chi connectivity index (χ3n) is 6.54. The van der Waals surface area contributed by atoms with Gasteiger partial charge in [-0.3, -0.25) is 9.69 Å². The molecule has 3 heterocycles. The van der Waals surface area contributed by atoms with Crippen LogP contribution in [0.3, 0.4) is 0 Å². The predicted octanol–water partition coefficient (Wildman–Crippen LogP) is 4.21. The van der Waals surface area contributed by atoms with Gasteiger partial charge in [-0.05, 0) is 43.2 Å². The van der Waals surface area contributed by atoms with E-state index in [-0.39, 0.29) is 17.8 Å². The number of aryl methyl sites for hydroxylation is 1. The van der Waals surface area contributed by atoms with Crippen LogP contribution >= 0.6 is 0 Å². The van der Waals surface area contributed by atoms with Crippen LogP contribution in [0.4, 0.5) is 21.6 Å². The van der Waals surface area contributed by atoms with Crippen LogP contribution in [-0.4, -0.2) is 72.9 Å². The van der Waals surface area contributed by atoms with Crippen molar-refractivity contribution in [2.24, 2.45) is 0 Å². The minimum absolute atomic E-state index is 0.106. The molecule has 10 heteroatoms. The van der Waals surface area contributed by atoms with Gasteiger partial charge in [-0.15, -0.1) is 0 Å². The SMILES string of the molecule is Cc1cc(Nc2ncnc3cc(O[C@H]4CCOC4)c(NC(=O)C=CCN4CCCOCC4)cc23)ccc1F. The van der Waals surface area contributed by atoms with Crippen molar-refractivity contribution in [3.8, 4) is 5.75 Å². The minimum atomic E-state index is -0.275. The zero-order valence-corrected chi connectivity index (χ0v) is 21.4. The molecule has 2 N–H and O–H groups in total. The standard InChI is InChI=1S/C28H32FN5O4/c1-19-14-20(5-6-23(19)29)32-28-22-15-25(33-27(35)4-2-8-34-9-3-11-36-13-10-34)26(16-24(22)30-18-31-28)38-21-7-12-37-17-21/h2,4-6,14-16,18,21H,3,7-13,17H2,1H3,(H,33,35)(H,30,31,32)/t21-/m0/s1. The number of amides is 1. The molecule has 9 nitrogen and oxygen atoms in total. The lowest BCUT2D eigenvalue weighted by Crippen LogP contribution is -2.26. The summed E-state index contributed by atoms with van der Waals surface area (Å²) in [4.78, 5) is 24.0. The number of fused-ring (bicyclic) bond motifs is 1. The van der Waals surface area contributed by atoms with E-state index >= 15 is 0 Å². The van der Waals surface area contributed by atoms with Gasteiger partial charge >= 0.3 is 0 Å². The van der Waals surface area contributed by atoms with Gasteiger partial charge in [0.2, 0.25) is 5.91 Å². The molecule has 1 aromatic heterocycles. The Bertz CT molecular complexity index is 1300. The Morgan fingerprint density at radius 3 is 2.95 bits per heavy atom. The molecular formula is C28H32FN5O4. The van der Waals surface area contributed by atoms with Crippen LogP contribution in [0, 0.1) is 12.7 Å². The van der Waals surface area contributed by atoms with Gasteiger partial charge in [-0.25, -0.2) is 14.4 Å². The van der Waals surface area contributed by atoms with Crippen molar-refractivity contribution in [2.45, 2.75) is 25.9 Å². The molecule has 1 atom stereocenters. The summed E-state index contributed by atoms with van der Waals surface area (Å²) in [7, 11) is 0. The van der Waals surface area contributed by atoms with Crippen LogP contribution in [0.2, 0.25) is 0 Å². The molecule has 38 heavy (non-hydrogen) atoms. The Labute approximate surface area is 221 Å². The number of benzene rings is 2. The van der Waals surface area contributed by atoms with Crippen LogP contribution in [-0.2, 0) is 14.3 Å². The van der Waals surface area contributed by atoms with Gasteiger partial charge in [-0.1, -0.05) is 6.08 Å². The molecule has 2 saturated heterocycles. The van der Waals surface area contributed by atoms with Gasteiger partial charge in [-0.2, -0.15) is 0 Å². The number of aromatic nitrogens is 2. The number of hydrogen-bond donors (Lipinski definition) is 2. The van der Waals surface area contributed by atoms with Gasteiger partial charge in [0.1, 0.15) is 29.8 Å². The summed E-state index contributed by atoms with van der Waals surface area (Å²) >= 11 is 0. The summed E-state index contributed by atoms with van der Waals surface area (Å²) < 4.78 is 30.9. The summed E-state index contributed by atoms with van der Waals surface area (Å²) in [6.07, 6.45) is 6.51. The highest BCUT2D eigenvalue weighted by Gasteiger charge is 2.21. The molecule has 2 aliphatic rings. The first-order chi connectivity index (χ1) is 18.5. The summed E-state index contributed by atoms with van der Waals surface area (Å²) in [5, 5.41) is 6.90.